The fourth-order valence-corrected chi connectivity index (χ4v) is 4.99. The summed E-state index contributed by atoms with van der Waals surface area (Å²) in [7, 11) is 0. The van der Waals surface area contributed by atoms with Gasteiger partial charge in [0.1, 0.15) is 0 Å². The Kier molecular flexibility index (Phi) is 6.02. The van der Waals surface area contributed by atoms with Gasteiger partial charge in [-0.15, -0.1) is 0 Å². The predicted molar refractivity (Wildman–Crippen MR) is 135 cm³/mol. The Labute approximate surface area is 200 Å². The average Bonchev–Trinajstić information content (AvgIpc) is 3.13. The number of pyridine rings is 1. The lowest BCUT2D eigenvalue weighted by atomic mass is 10.1. The van der Waals surface area contributed by atoms with Gasteiger partial charge in [0.05, 0.1) is 23.5 Å². The van der Waals surface area contributed by atoms with E-state index in [4.69, 9.17) is 0 Å². The third-order valence-corrected chi connectivity index (χ3v) is 6.75. The Morgan fingerprint density at radius 3 is 2.56 bits per heavy atom. The van der Waals surface area contributed by atoms with Crippen molar-refractivity contribution in [1.82, 2.24) is 9.88 Å². The average molecular weight is 456 g/mol. The van der Waals surface area contributed by atoms with E-state index in [1.807, 2.05) is 18.2 Å². The van der Waals surface area contributed by atoms with Crippen LogP contribution in [0.15, 0.2) is 66.9 Å². The van der Waals surface area contributed by atoms with Crippen LogP contribution in [-0.4, -0.2) is 53.9 Å². The van der Waals surface area contributed by atoms with Gasteiger partial charge in [-0.2, -0.15) is 0 Å². The van der Waals surface area contributed by atoms with Gasteiger partial charge in [0.2, 0.25) is 0 Å². The molecule has 5 rings (SSSR count). The van der Waals surface area contributed by atoms with Crippen LogP contribution in [-0.2, 0) is 11.2 Å². The molecule has 0 spiro atoms. The van der Waals surface area contributed by atoms with Gasteiger partial charge < -0.3 is 15.1 Å². The van der Waals surface area contributed by atoms with E-state index in [9.17, 15) is 9.59 Å². The number of nitrogens with one attached hydrogen (secondary N) is 1. The molecule has 174 valence electrons. The van der Waals surface area contributed by atoms with Crippen LogP contribution < -0.4 is 15.1 Å². The molecule has 1 N–H and O–H groups in total. The van der Waals surface area contributed by atoms with Crippen LogP contribution in [0.4, 0.5) is 22.9 Å². The summed E-state index contributed by atoms with van der Waals surface area (Å²) in [6.07, 6.45) is 2.55. The molecule has 1 aromatic heterocycles. The first-order chi connectivity index (χ1) is 16.6. The molecule has 0 unspecified atom stereocenters. The van der Waals surface area contributed by atoms with Crippen molar-refractivity contribution in [3.63, 3.8) is 0 Å². The first kappa shape index (κ1) is 22.1. The predicted octanol–water partition coefficient (Wildman–Crippen LogP) is 4.09. The highest BCUT2D eigenvalue weighted by molar-refractivity contribution is 6.17. The first-order valence-electron chi connectivity index (χ1n) is 11.9. The number of hydrogen-bond acceptors (Lipinski definition) is 5. The molecule has 2 aliphatic rings. The van der Waals surface area contributed by atoms with Gasteiger partial charge in [0, 0.05) is 24.5 Å². The van der Waals surface area contributed by atoms with Gasteiger partial charge in [0.25, 0.3) is 11.8 Å². The standard InChI is InChI=1S/C27H29N5O2/c1-3-30(4-2)17-20-16-19-10-5-7-13-23(19)31(20)18-25(33)32-24-14-8-6-11-21(24)27(34)29-22-12-9-15-28-26(22)32/h5-15,20H,3-4,16-18H2,1-2H3,(H,29,34)/t20-/m0/s1. The summed E-state index contributed by atoms with van der Waals surface area (Å²) in [6, 6.07) is 19.3. The number of fused-ring (bicyclic) bond motifs is 3. The number of amides is 2. The lowest BCUT2D eigenvalue weighted by Gasteiger charge is -2.33. The molecule has 3 heterocycles. The van der Waals surface area contributed by atoms with Crippen LogP contribution in [0.5, 0.6) is 0 Å². The molecule has 7 nitrogen and oxygen atoms in total. The number of carbonyl (C=O) groups excluding carboxylic acids is 2. The summed E-state index contributed by atoms with van der Waals surface area (Å²) in [6.45, 7) is 7.36. The number of benzene rings is 2. The van der Waals surface area contributed by atoms with Crippen LogP contribution in [0.2, 0.25) is 0 Å². The van der Waals surface area contributed by atoms with Crippen molar-refractivity contribution in [3.05, 3.63) is 78.0 Å². The van der Waals surface area contributed by atoms with Crippen LogP contribution in [0.3, 0.4) is 0 Å². The molecule has 0 saturated heterocycles. The number of para-hydroxylation sites is 2. The lowest BCUT2D eigenvalue weighted by Crippen LogP contribution is -2.47. The minimum absolute atomic E-state index is 0.120. The quantitative estimate of drug-likeness (QED) is 0.607. The third kappa shape index (κ3) is 3.92. The van der Waals surface area contributed by atoms with E-state index in [1.54, 1.807) is 35.4 Å². The number of anilines is 4. The van der Waals surface area contributed by atoms with Crippen molar-refractivity contribution in [1.29, 1.82) is 0 Å². The summed E-state index contributed by atoms with van der Waals surface area (Å²) < 4.78 is 0. The van der Waals surface area contributed by atoms with Gasteiger partial charge in [-0.1, -0.05) is 44.2 Å². The Bertz CT molecular complexity index is 1220. The molecule has 0 radical (unpaired) electrons. The van der Waals surface area contributed by atoms with E-state index >= 15 is 0 Å². The molecule has 2 aliphatic heterocycles. The summed E-state index contributed by atoms with van der Waals surface area (Å²) >= 11 is 0. The smallest absolute Gasteiger partial charge is 0.257 e. The molecule has 0 saturated carbocycles. The molecule has 7 heteroatoms. The second-order valence-corrected chi connectivity index (χ2v) is 8.68. The maximum atomic E-state index is 14.0. The van der Waals surface area contributed by atoms with Gasteiger partial charge in [-0.3, -0.25) is 14.5 Å². The summed E-state index contributed by atoms with van der Waals surface area (Å²) in [5.74, 6) is 0.0785. The Balaban J connectivity index is 1.53. The van der Waals surface area contributed by atoms with Crippen molar-refractivity contribution in [2.24, 2.45) is 0 Å². The van der Waals surface area contributed by atoms with E-state index in [1.165, 1.54) is 5.56 Å². The van der Waals surface area contributed by atoms with Gasteiger partial charge in [-0.25, -0.2) is 4.98 Å². The highest BCUT2D eigenvalue weighted by Gasteiger charge is 2.35. The minimum atomic E-state index is -0.244. The monoisotopic (exact) mass is 455 g/mol. The number of rotatable bonds is 6. The Morgan fingerprint density at radius 1 is 1.03 bits per heavy atom. The van der Waals surface area contributed by atoms with Crippen molar-refractivity contribution in [2.75, 3.05) is 41.3 Å². The van der Waals surface area contributed by atoms with Crippen molar-refractivity contribution in [2.45, 2.75) is 26.3 Å². The zero-order valence-electron chi connectivity index (χ0n) is 19.6. The second-order valence-electron chi connectivity index (χ2n) is 8.68. The molecule has 0 fully saturated rings. The highest BCUT2D eigenvalue weighted by atomic mass is 16.2. The van der Waals surface area contributed by atoms with Crippen molar-refractivity contribution < 1.29 is 9.59 Å². The Hall–Kier alpha value is -3.71. The number of hydrogen-bond donors (Lipinski definition) is 1. The molecular weight excluding hydrogens is 426 g/mol. The fraction of sp³-hybridized carbons (Fsp3) is 0.296. The summed E-state index contributed by atoms with van der Waals surface area (Å²) in [5.41, 5.74) is 3.90. The second kappa shape index (κ2) is 9.27. The fourth-order valence-electron chi connectivity index (χ4n) is 4.99. The number of nitrogens with zero attached hydrogens (tertiary/aromatic N) is 4. The van der Waals surface area contributed by atoms with E-state index in [2.05, 4.69) is 52.1 Å². The number of aromatic nitrogens is 1. The molecular formula is C27H29N5O2. The maximum Gasteiger partial charge on any atom is 0.257 e. The Morgan fingerprint density at radius 2 is 1.76 bits per heavy atom. The largest absolute Gasteiger partial charge is 0.357 e. The zero-order chi connectivity index (χ0) is 23.7. The van der Waals surface area contributed by atoms with Crippen LogP contribution in [0.1, 0.15) is 29.8 Å². The van der Waals surface area contributed by atoms with Crippen molar-refractivity contribution in [3.8, 4) is 0 Å². The van der Waals surface area contributed by atoms with E-state index in [0.29, 0.717) is 22.8 Å². The van der Waals surface area contributed by atoms with E-state index in [-0.39, 0.29) is 24.4 Å². The third-order valence-electron chi connectivity index (χ3n) is 6.75. The maximum absolute atomic E-state index is 14.0. The van der Waals surface area contributed by atoms with Crippen molar-refractivity contribution >= 4 is 34.7 Å². The van der Waals surface area contributed by atoms with Gasteiger partial charge in [0.15, 0.2) is 5.82 Å². The summed E-state index contributed by atoms with van der Waals surface area (Å²) in [4.78, 5) is 37.6. The number of carbonyl (C=O) groups is 2. The molecule has 34 heavy (non-hydrogen) atoms. The molecule has 3 aromatic rings. The van der Waals surface area contributed by atoms with E-state index in [0.717, 1.165) is 31.7 Å². The van der Waals surface area contributed by atoms with Crippen LogP contribution in [0.25, 0.3) is 0 Å². The van der Waals surface area contributed by atoms with Gasteiger partial charge >= 0.3 is 0 Å². The highest BCUT2D eigenvalue weighted by Crippen LogP contribution is 2.38. The zero-order valence-corrected chi connectivity index (χ0v) is 19.6. The molecule has 2 amide bonds. The topological polar surface area (TPSA) is 68.8 Å². The molecule has 0 bridgehead atoms. The van der Waals surface area contributed by atoms with Gasteiger partial charge in [-0.05, 0) is 55.4 Å². The SMILES string of the molecule is CCN(CC)C[C@@H]1Cc2ccccc2N1CC(=O)N1c2ccccc2C(=O)Nc2cccnc21. The van der Waals surface area contributed by atoms with Crippen LogP contribution >= 0.6 is 0 Å². The molecule has 1 atom stereocenters. The molecule has 2 aromatic carbocycles. The lowest BCUT2D eigenvalue weighted by molar-refractivity contribution is -0.116. The summed E-state index contributed by atoms with van der Waals surface area (Å²) in [5, 5.41) is 2.91. The normalized spacial score (nSPS) is 16.6. The minimum Gasteiger partial charge on any atom is -0.357 e. The first-order valence-corrected chi connectivity index (χ1v) is 11.9. The number of likely N-dealkylation sites (N-methyl/N-ethyl adjacent to an activating group) is 1. The van der Waals surface area contributed by atoms with E-state index < -0.39 is 0 Å². The van der Waals surface area contributed by atoms with Crippen LogP contribution in [0, 0.1) is 0 Å². The molecule has 0 aliphatic carbocycles.